The number of hydrazine groups is 1. The van der Waals surface area contributed by atoms with E-state index in [9.17, 15) is 9.59 Å². The van der Waals surface area contributed by atoms with Gasteiger partial charge in [-0.2, -0.15) is 0 Å². The monoisotopic (exact) mass is 434 g/mol. The van der Waals surface area contributed by atoms with E-state index in [1.54, 1.807) is 18.2 Å². The van der Waals surface area contributed by atoms with Crippen molar-refractivity contribution in [2.75, 3.05) is 11.6 Å². The molecule has 0 aliphatic carbocycles. The highest BCUT2D eigenvalue weighted by molar-refractivity contribution is 14.1. The summed E-state index contributed by atoms with van der Waals surface area (Å²) in [4.78, 5) is 24.7. The van der Waals surface area contributed by atoms with E-state index >= 15 is 0 Å². The maximum atomic E-state index is 12.5. The van der Waals surface area contributed by atoms with Crippen LogP contribution in [0.5, 0.6) is 5.75 Å². The number of nitrogens with zero attached hydrogens (tertiary/aromatic N) is 1. The third kappa shape index (κ3) is 3.28. The van der Waals surface area contributed by atoms with E-state index in [0.29, 0.717) is 12.3 Å². The summed E-state index contributed by atoms with van der Waals surface area (Å²) in [5.74, 6) is 0.0104. The van der Waals surface area contributed by atoms with Gasteiger partial charge in [0, 0.05) is 0 Å². The van der Waals surface area contributed by atoms with Gasteiger partial charge in [0.25, 0.3) is 11.8 Å². The number of halogens is 1. The van der Waals surface area contributed by atoms with Crippen LogP contribution in [0.2, 0.25) is 0 Å². The van der Waals surface area contributed by atoms with Crippen LogP contribution in [0.3, 0.4) is 0 Å². The molecule has 2 aromatic carbocycles. The molecule has 5 nitrogen and oxygen atoms in total. The number of hydrogen-bond acceptors (Lipinski definition) is 3. The van der Waals surface area contributed by atoms with Gasteiger partial charge in [-0.1, -0.05) is 24.3 Å². The van der Waals surface area contributed by atoms with E-state index < -0.39 is 5.91 Å². The van der Waals surface area contributed by atoms with Crippen LogP contribution in [0.4, 0.5) is 5.69 Å². The van der Waals surface area contributed by atoms with Gasteiger partial charge in [-0.15, -0.1) is 0 Å². The van der Waals surface area contributed by atoms with Crippen LogP contribution in [-0.4, -0.2) is 18.4 Å². The Balaban J connectivity index is 1.89. The Hall–Kier alpha value is -2.35. The molecule has 1 aliphatic heterocycles. The minimum atomic E-state index is -0.409. The summed E-state index contributed by atoms with van der Waals surface area (Å²) in [7, 11) is 0. The zero-order valence-electron chi connectivity index (χ0n) is 13.0. The fourth-order valence-corrected chi connectivity index (χ4v) is 3.06. The van der Waals surface area contributed by atoms with Crippen LogP contribution < -0.4 is 15.2 Å². The molecule has 3 rings (SSSR count). The predicted molar refractivity (Wildman–Crippen MR) is 100 cm³/mol. The second kappa shape index (κ2) is 7.04. The number of carbonyl (C=O) groups excluding carboxylic acids is 2. The molecule has 6 heteroatoms. The molecule has 1 N–H and O–H groups in total. The van der Waals surface area contributed by atoms with Gasteiger partial charge >= 0.3 is 0 Å². The van der Waals surface area contributed by atoms with Gasteiger partial charge in [-0.05, 0) is 65.4 Å². The fraction of sp³-hybridized carbons (Fsp3) is 0.111. The van der Waals surface area contributed by atoms with Gasteiger partial charge in [0.1, 0.15) is 11.3 Å². The maximum absolute atomic E-state index is 12.5. The van der Waals surface area contributed by atoms with Crippen molar-refractivity contribution in [3.63, 3.8) is 0 Å². The number of anilines is 1. The summed E-state index contributed by atoms with van der Waals surface area (Å²) in [6.45, 7) is 2.51. The van der Waals surface area contributed by atoms with E-state index in [1.807, 2.05) is 43.3 Å². The minimum Gasteiger partial charge on any atom is -0.493 e. The summed E-state index contributed by atoms with van der Waals surface area (Å²) >= 11 is 2.17. The molecule has 0 atom stereocenters. The lowest BCUT2D eigenvalue weighted by Crippen LogP contribution is -2.35. The Morgan fingerprint density at radius 3 is 2.58 bits per heavy atom. The Bertz CT molecular complexity index is 818. The first-order chi connectivity index (χ1) is 11.6. The number of carbonyl (C=O) groups is 2. The zero-order chi connectivity index (χ0) is 17.1. The van der Waals surface area contributed by atoms with Gasteiger partial charge < -0.3 is 4.74 Å². The molecule has 0 spiro atoms. The van der Waals surface area contributed by atoms with Crippen LogP contribution in [0.15, 0.2) is 54.1 Å². The number of hydrogen-bond donors (Lipinski definition) is 1. The van der Waals surface area contributed by atoms with Crippen LogP contribution in [-0.2, 0) is 9.59 Å². The number of ether oxygens (including phenoxy) is 1. The topological polar surface area (TPSA) is 58.6 Å². The molecule has 0 bridgehead atoms. The number of rotatable bonds is 4. The van der Waals surface area contributed by atoms with Crippen LogP contribution >= 0.6 is 22.6 Å². The lowest BCUT2D eigenvalue weighted by atomic mass is 10.1. The molecule has 0 unspecified atom stereocenters. The molecule has 1 saturated heterocycles. The summed E-state index contributed by atoms with van der Waals surface area (Å²) in [6.07, 6.45) is 1.60. The van der Waals surface area contributed by atoms with Gasteiger partial charge in [0.2, 0.25) is 0 Å². The van der Waals surface area contributed by atoms with Crippen LogP contribution in [0.25, 0.3) is 6.08 Å². The molecule has 0 saturated carbocycles. The Labute approximate surface area is 153 Å². The second-order valence-electron chi connectivity index (χ2n) is 5.10. The van der Waals surface area contributed by atoms with E-state index in [2.05, 4.69) is 28.0 Å². The summed E-state index contributed by atoms with van der Waals surface area (Å²) < 4.78 is 6.42. The van der Waals surface area contributed by atoms with Crippen molar-refractivity contribution in [1.82, 2.24) is 5.43 Å². The zero-order valence-corrected chi connectivity index (χ0v) is 15.1. The van der Waals surface area contributed by atoms with Crippen molar-refractivity contribution in [2.45, 2.75) is 6.92 Å². The Morgan fingerprint density at radius 2 is 1.92 bits per heavy atom. The fourth-order valence-electron chi connectivity index (χ4n) is 2.36. The van der Waals surface area contributed by atoms with Crippen molar-refractivity contribution >= 4 is 46.2 Å². The van der Waals surface area contributed by atoms with Gasteiger partial charge in [0.05, 0.1) is 15.9 Å². The van der Waals surface area contributed by atoms with Crippen molar-refractivity contribution in [3.8, 4) is 5.75 Å². The standard InChI is InChI=1S/C18H15IN2O3/c1-2-24-16-9-8-12(11-15(16)19)10-14-17(22)20-21(18(14)23)13-6-4-3-5-7-13/h3-11H,2H2,1H3,(H,20,22)/b14-10-. The Kier molecular flexibility index (Phi) is 4.84. The molecule has 1 fully saturated rings. The molecule has 0 radical (unpaired) electrons. The minimum absolute atomic E-state index is 0.110. The lowest BCUT2D eigenvalue weighted by molar-refractivity contribution is -0.117. The summed E-state index contributed by atoms with van der Waals surface area (Å²) in [5, 5.41) is 1.26. The highest BCUT2D eigenvalue weighted by Gasteiger charge is 2.34. The van der Waals surface area contributed by atoms with E-state index in [0.717, 1.165) is 14.9 Å². The van der Waals surface area contributed by atoms with Gasteiger partial charge in [-0.25, -0.2) is 5.01 Å². The van der Waals surface area contributed by atoms with Crippen LogP contribution in [0.1, 0.15) is 12.5 Å². The van der Waals surface area contributed by atoms with E-state index in [4.69, 9.17) is 4.74 Å². The molecule has 1 aliphatic rings. The molecule has 1 heterocycles. The molecule has 2 amide bonds. The first-order valence-electron chi connectivity index (χ1n) is 7.44. The first kappa shape index (κ1) is 16.5. The highest BCUT2D eigenvalue weighted by atomic mass is 127. The molecule has 0 aromatic heterocycles. The quantitative estimate of drug-likeness (QED) is 0.457. The normalized spacial score (nSPS) is 15.8. The lowest BCUT2D eigenvalue weighted by Gasteiger charge is -2.13. The van der Waals surface area contributed by atoms with Crippen molar-refractivity contribution in [2.24, 2.45) is 0 Å². The first-order valence-corrected chi connectivity index (χ1v) is 8.52. The third-order valence-corrected chi connectivity index (χ3v) is 4.32. The largest absolute Gasteiger partial charge is 0.493 e. The summed E-state index contributed by atoms with van der Waals surface area (Å²) in [6, 6.07) is 14.5. The Morgan fingerprint density at radius 1 is 1.17 bits per heavy atom. The number of para-hydroxylation sites is 1. The predicted octanol–water partition coefficient (Wildman–Crippen LogP) is 3.15. The average molecular weight is 434 g/mol. The maximum Gasteiger partial charge on any atom is 0.282 e. The third-order valence-electron chi connectivity index (χ3n) is 3.47. The van der Waals surface area contributed by atoms with Crippen molar-refractivity contribution in [3.05, 3.63) is 63.2 Å². The SMILES string of the molecule is CCOc1ccc(/C=C2/C(=O)NN(c3ccccc3)C2=O)cc1I. The number of amides is 2. The molecular weight excluding hydrogens is 419 g/mol. The second-order valence-corrected chi connectivity index (χ2v) is 6.26. The van der Waals surface area contributed by atoms with E-state index in [-0.39, 0.29) is 11.5 Å². The average Bonchev–Trinajstić information content (AvgIpc) is 2.86. The smallest absolute Gasteiger partial charge is 0.282 e. The molecule has 122 valence electrons. The van der Waals surface area contributed by atoms with Gasteiger partial charge in [-0.3, -0.25) is 15.0 Å². The number of nitrogens with one attached hydrogen (secondary N) is 1. The highest BCUT2D eigenvalue weighted by Crippen LogP contribution is 2.25. The molecule has 2 aromatic rings. The van der Waals surface area contributed by atoms with Crippen molar-refractivity contribution < 1.29 is 14.3 Å². The molecular formula is C18H15IN2O3. The van der Waals surface area contributed by atoms with Crippen LogP contribution in [0, 0.1) is 3.57 Å². The van der Waals surface area contributed by atoms with Crippen molar-refractivity contribution in [1.29, 1.82) is 0 Å². The summed E-state index contributed by atoms with van der Waals surface area (Å²) in [5.41, 5.74) is 4.10. The molecule has 24 heavy (non-hydrogen) atoms. The van der Waals surface area contributed by atoms with E-state index in [1.165, 1.54) is 5.01 Å². The number of benzene rings is 2. The van der Waals surface area contributed by atoms with Gasteiger partial charge in [0.15, 0.2) is 0 Å².